The fourth-order valence-electron chi connectivity index (χ4n) is 2.12. The minimum atomic E-state index is 0.0756. The van der Waals surface area contributed by atoms with E-state index >= 15 is 0 Å². The molecule has 18 heavy (non-hydrogen) atoms. The molecule has 0 bridgehead atoms. The Balaban J connectivity index is 2.58. The van der Waals surface area contributed by atoms with E-state index in [0.29, 0.717) is 6.54 Å². The number of benzene rings is 1. The van der Waals surface area contributed by atoms with Crippen LogP contribution in [0.1, 0.15) is 25.1 Å². The van der Waals surface area contributed by atoms with E-state index in [0.717, 1.165) is 28.0 Å². The lowest BCUT2D eigenvalue weighted by atomic mass is 9.85. The maximum atomic E-state index is 6.27. The van der Waals surface area contributed by atoms with Crippen molar-refractivity contribution in [2.75, 3.05) is 6.54 Å². The molecule has 0 aliphatic rings. The van der Waals surface area contributed by atoms with Crippen LogP contribution in [0.25, 0.3) is 10.9 Å². The first-order chi connectivity index (χ1) is 8.43. The Labute approximate surface area is 113 Å². The average molecular weight is 263 g/mol. The van der Waals surface area contributed by atoms with Crippen LogP contribution in [0.15, 0.2) is 24.3 Å². The molecule has 1 aromatic carbocycles. The highest BCUT2D eigenvalue weighted by atomic mass is 35.5. The minimum absolute atomic E-state index is 0.0756. The Morgan fingerprint density at radius 1 is 1.33 bits per heavy atom. The smallest absolute Gasteiger partial charge is 0.0752 e. The molecule has 2 rings (SSSR count). The van der Waals surface area contributed by atoms with E-state index in [1.165, 1.54) is 5.56 Å². The maximum Gasteiger partial charge on any atom is 0.0752 e. The number of fused-ring (bicyclic) bond motifs is 1. The standard InChI is InChI=1S/C15H19ClN2/c1-10-7-13(16)12-6-4-5-11(14(12)18-10)8-15(2,3)9-17/h4-7H,8-9,17H2,1-3H3. The van der Waals surface area contributed by atoms with Crippen molar-refractivity contribution in [1.82, 2.24) is 4.98 Å². The van der Waals surface area contributed by atoms with Crippen molar-refractivity contribution < 1.29 is 0 Å². The van der Waals surface area contributed by atoms with Gasteiger partial charge in [0.25, 0.3) is 0 Å². The van der Waals surface area contributed by atoms with Gasteiger partial charge in [-0.2, -0.15) is 0 Å². The first kappa shape index (κ1) is 13.3. The van der Waals surface area contributed by atoms with E-state index in [4.69, 9.17) is 17.3 Å². The first-order valence-corrected chi connectivity index (χ1v) is 6.55. The van der Waals surface area contributed by atoms with Gasteiger partial charge in [-0.1, -0.05) is 43.6 Å². The van der Waals surface area contributed by atoms with E-state index < -0.39 is 0 Å². The molecule has 96 valence electrons. The zero-order chi connectivity index (χ0) is 13.3. The van der Waals surface area contributed by atoms with Gasteiger partial charge in [-0.25, -0.2) is 0 Å². The summed E-state index contributed by atoms with van der Waals surface area (Å²) >= 11 is 6.27. The van der Waals surface area contributed by atoms with Crippen LogP contribution in [-0.2, 0) is 6.42 Å². The van der Waals surface area contributed by atoms with Gasteiger partial charge in [-0.3, -0.25) is 4.98 Å². The van der Waals surface area contributed by atoms with E-state index in [1.54, 1.807) is 0 Å². The van der Waals surface area contributed by atoms with Crippen LogP contribution in [0, 0.1) is 12.3 Å². The summed E-state index contributed by atoms with van der Waals surface area (Å²) in [6.07, 6.45) is 0.910. The van der Waals surface area contributed by atoms with Crippen LogP contribution >= 0.6 is 11.6 Å². The summed E-state index contributed by atoms with van der Waals surface area (Å²) in [5.74, 6) is 0. The Morgan fingerprint density at radius 2 is 2.06 bits per heavy atom. The number of hydrogen-bond donors (Lipinski definition) is 1. The van der Waals surface area contributed by atoms with Gasteiger partial charge in [0.15, 0.2) is 0 Å². The summed E-state index contributed by atoms with van der Waals surface area (Å²) in [6, 6.07) is 8.07. The van der Waals surface area contributed by atoms with Crippen molar-refractivity contribution in [3.05, 3.63) is 40.5 Å². The van der Waals surface area contributed by atoms with Gasteiger partial charge >= 0.3 is 0 Å². The fraction of sp³-hybridized carbons (Fsp3) is 0.400. The minimum Gasteiger partial charge on any atom is -0.330 e. The molecule has 1 aromatic heterocycles. The van der Waals surface area contributed by atoms with Crippen molar-refractivity contribution >= 4 is 22.5 Å². The third kappa shape index (κ3) is 2.65. The lowest BCUT2D eigenvalue weighted by Gasteiger charge is -2.23. The molecule has 0 unspecified atom stereocenters. The van der Waals surface area contributed by atoms with Gasteiger partial charge < -0.3 is 5.73 Å². The predicted molar refractivity (Wildman–Crippen MR) is 78.0 cm³/mol. The second-order valence-electron chi connectivity index (χ2n) is 5.60. The molecule has 2 nitrogen and oxygen atoms in total. The summed E-state index contributed by atoms with van der Waals surface area (Å²) in [4.78, 5) is 4.63. The monoisotopic (exact) mass is 262 g/mol. The normalized spacial score (nSPS) is 12.1. The molecule has 2 N–H and O–H groups in total. The predicted octanol–water partition coefficient (Wildman–Crippen LogP) is 3.72. The van der Waals surface area contributed by atoms with Crippen molar-refractivity contribution in [3.8, 4) is 0 Å². The van der Waals surface area contributed by atoms with E-state index in [1.807, 2.05) is 25.1 Å². The highest BCUT2D eigenvalue weighted by Crippen LogP contribution is 2.29. The van der Waals surface area contributed by atoms with Crippen LogP contribution in [-0.4, -0.2) is 11.5 Å². The van der Waals surface area contributed by atoms with Crippen molar-refractivity contribution in [2.45, 2.75) is 27.2 Å². The summed E-state index contributed by atoms with van der Waals surface area (Å²) in [5, 5.41) is 1.79. The van der Waals surface area contributed by atoms with E-state index in [2.05, 4.69) is 24.9 Å². The van der Waals surface area contributed by atoms with Crippen LogP contribution in [0.4, 0.5) is 0 Å². The quantitative estimate of drug-likeness (QED) is 0.916. The van der Waals surface area contributed by atoms with Gasteiger partial charge in [-0.15, -0.1) is 0 Å². The molecule has 0 saturated heterocycles. The highest BCUT2D eigenvalue weighted by molar-refractivity contribution is 6.35. The number of rotatable bonds is 3. The van der Waals surface area contributed by atoms with Crippen molar-refractivity contribution in [1.29, 1.82) is 0 Å². The Morgan fingerprint density at radius 3 is 2.72 bits per heavy atom. The molecule has 0 spiro atoms. The number of aromatic nitrogens is 1. The van der Waals surface area contributed by atoms with Crippen LogP contribution < -0.4 is 5.73 Å². The number of pyridine rings is 1. The number of nitrogens with zero attached hydrogens (tertiary/aromatic N) is 1. The second kappa shape index (κ2) is 4.87. The SMILES string of the molecule is Cc1cc(Cl)c2cccc(CC(C)(C)CN)c2n1. The molecule has 0 saturated carbocycles. The summed E-state index contributed by atoms with van der Waals surface area (Å²) in [7, 11) is 0. The van der Waals surface area contributed by atoms with E-state index in [9.17, 15) is 0 Å². The molecular weight excluding hydrogens is 244 g/mol. The molecule has 0 amide bonds. The zero-order valence-electron chi connectivity index (χ0n) is 11.1. The molecule has 0 atom stereocenters. The third-order valence-electron chi connectivity index (χ3n) is 3.22. The average Bonchev–Trinajstić information content (AvgIpc) is 2.30. The lowest BCUT2D eigenvalue weighted by molar-refractivity contribution is 0.378. The third-order valence-corrected chi connectivity index (χ3v) is 3.53. The van der Waals surface area contributed by atoms with Crippen molar-refractivity contribution in [2.24, 2.45) is 11.1 Å². The summed E-state index contributed by atoms with van der Waals surface area (Å²) in [5.41, 5.74) is 9.06. The molecule has 0 fully saturated rings. The second-order valence-corrected chi connectivity index (χ2v) is 6.01. The van der Waals surface area contributed by atoms with Crippen molar-refractivity contribution in [3.63, 3.8) is 0 Å². The number of hydrogen-bond acceptors (Lipinski definition) is 2. The summed E-state index contributed by atoms with van der Waals surface area (Å²) in [6.45, 7) is 6.96. The van der Waals surface area contributed by atoms with Gasteiger partial charge in [0, 0.05) is 11.1 Å². The number of halogens is 1. The largest absolute Gasteiger partial charge is 0.330 e. The Kier molecular flexibility index (Phi) is 3.60. The van der Waals surface area contributed by atoms with Crippen LogP contribution in [0.3, 0.4) is 0 Å². The number of nitrogens with two attached hydrogens (primary N) is 1. The molecule has 3 heteroatoms. The highest BCUT2D eigenvalue weighted by Gasteiger charge is 2.18. The first-order valence-electron chi connectivity index (χ1n) is 6.18. The molecule has 0 radical (unpaired) electrons. The molecule has 1 heterocycles. The molecule has 0 aliphatic heterocycles. The van der Waals surface area contributed by atoms with E-state index in [-0.39, 0.29) is 5.41 Å². The zero-order valence-corrected chi connectivity index (χ0v) is 11.9. The lowest BCUT2D eigenvalue weighted by Crippen LogP contribution is -2.26. The number of aryl methyl sites for hydroxylation is 1. The van der Waals surface area contributed by atoms with Gasteiger partial charge in [0.05, 0.1) is 10.5 Å². The molecule has 0 aliphatic carbocycles. The van der Waals surface area contributed by atoms with Crippen LogP contribution in [0.5, 0.6) is 0 Å². The van der Waals surface area contributed by atoms with Gasteiger partial charge in [-0.05, 0) is 36.9 Å². The Hall–Kier alpha value is -1.12. The van der Waals surface area contributed by atoms with Gasteiger partial charge in [0.2, 0.25) is 0 Å². The fourth-order valence-corrected chi connectivity index (χ4v) is 2.43. The van der Waals surface area contributed by atoms with Crippen LogP contribution in [0.2, 0.25) is 5.02 Å². The maximum absolute atomic E-state index is 6.27. The Bertz CT molecular complexity index is 576. The molecule has 2 aromatic rings. The topological polar surface area (TPSA) is 38.9 Å². The number of para-hydroxylation sites is 1. The van der Waals surface area contributed by atoms with Gasteiger partial charge in [0.1, 0.15) is 0 Å². The summed E-state index contributed by atoms with van der Waals surface area (Å²) < 4.78 is 0. The molecular formula is C15H19ClN2.